The van der Waals surface area contributed by atoms with E-state index < -0.39 is 0 Å². The van der Waals surface area contributed by atoms with Crippen molar-refractivity contribution in [3.05, 3.63) is 50.0 Å². The van der Waals surface area contributed by atoms with E-state index >= 15 is 0 Å². The number of hydrogen-bond acceptors (Lipinski definition) is 3. The zero-order chi connectivity index (χ0) is 13.4. The van der Waals surface area contributed by atoms with Crippen molar-refractivity contribution < 1.29 is 5.11 Å². The molecule has 0 atom stereocenters. The highest BCUT2D eigenvalue weighted by atomic mass is 35.5. The lowest BCUT2D eigenvalue weighted by Gasteiger charge is -2.13. The van der Waals surface area contributed by atoms with Crippen LogP contribution in [0.1, 0.15) is 11.4 Å². The molecular weight excluding hydrogens is 275 g/mol. The van der Waals surface area contributed by atoms with E-state index in [-0.39, 0.29) is 22.0 Å². The molecule has 94 valence electrons. The number of nitrogens with zero attached hydrogens (tertiary/aromatic N) is 2. The van der Waals surface area contributed by atoms with Gasteiger partial charge in [0.15, 0.2) is 0 Å². The smallest absolute Gasteiger partial charge is 0.264 e. The Morgan fingerprint density at radius 1 is 1.28 bits per heavy atom. The first-order valence-corrected chi connectivity index (χ1v) is 5.92. The second kappa shape index (κ2) is 4.63. The summed E-state index contributed by atoms with van der Waals surface area (Å²) in [4.78, 5) is 16.0. The lowest BCUT2D eigenvalue weighted by Crippen LogP contribution is -2.24. The molecular formula is C12H10Cl2N2O2. The summed E-state index contributed by atoms with van der Waals surface area (Å²) in [5.74, 6) is 0.0687. The van der Waals surface area contributed by atoms with Gasteiger partial charge in [0.05, 0.1) is 21.3 Å². The van der Waals surface area contributed by atoms with Crippen molar-refractivity contribution in [3.63, 3.8) is 0 Å². The summed E-state index contributed by atoms with van der Waals surface area (Å²) >= 11 is 12.0. The van der Waals surface area contributed by atoms with Crippen LogP contribution in [0, 0.1) is 13.8 Å². The Hall–Kier alpha value is -1.52. The minimum absolute atomic E-state index is 0.164. The highest BCUT2D eigenvalue weighted by Gasteiger charge is 2.14. The Kier molecular flexibility index (Phi) is 3.32. The number of aryl methyl sites for hydroxylation is 1. The molecule has 1 aromatic heterocycles. The first kappa shape index (κ1) is 12.9. The van der Waals surface area contributed by atoms with Crippen molar-refractivity contribution in [2.45, 2.75) is 13.8 Å². The predicted octanol–water partition coefficient (Wildman–Crippen LogP) is 2.86. The van der Waals surface area contributed by atoms with Gasteiger partial charge in [-0.3, -0.25) is 9.36 Å². The number of benzene rings is 1. The SMILES string of the molecule is Cc1c(O)nc(C)n(-c2cccc(Cl)c2Cl)c1=O. The van der Waals surface area contributed by atoms with E-state index in [2.05, 4.69) is 4.98 Å². The molecule has 0 aliphatic heterocycles. The van der Waals surface area contributed by atoms with Crippen molar-refractivity contribution >= 4 is 23.2 Å². The van der Waals surface area contributed by atoms with Gasteiger partial charge in [0, 0.05) is 0 Å². The second-order valence-corrected chi connectivity index (χ2v) is 4.61. The zero-order valence-corrected chi connectivity index (χ0v) is 11.2. The van der Waals surface area contributed by atoms with Crippen molar-refractivity contribution in [1.82, 2.24) is 9.55 Å². The number of hydrogen-bond donors (Lipinski definition) is 1. The Labute approximate surface area is 113 Å². The molecule has 6 heteroatoms. The van der Waals surface area contributed by atoms with Gasteiger partial charge in [-0.15, -0.1) is 0 Å². The normalized spacial score (nSPS) is 10.7. The lowest BCUT2D eigenvalue weighted by molar-refractivity contribution is 0.442. The molecule has 18 heavy (non-hydrogen) atoms. The first-order valence-electron chi connectivity index (χ1n) is 5.17. The molecule has 0 fully saturated rings. The van der Waals surface area contributed by atoms with Gasteiger partial charge in [-0.2, -0.15) is 4.98 Å². The molecule has 1 aromatic carbocycles. The number of rotatable bonds is 1. The van der Waals surface area contributed by atoms with Crippen LogP contribution in [0.2, 0.25) is 10.0 Å². The summed E-state index contributed by atoms with van der Waals surface area (Å²) in [7, 11) is 0. The maximum atomic E-state index is 12.1. The first-order chi connectivity index (χ1) is 8.43. The third kappa shape index (κ3) is 1.98. The summed E-state index contributed by atoms with van der Waals surface area (Å²) in [6.45, 7) is 3.11. The molecule has 0 amide bonds. The molecule has 0 unspecified atom stereocenters. The molecule has 0 saturated carbocycles. The van der Waals surface area contributed by atoms with Gasteiger partial charge in [-0.25, -0.2) is 0 Å². The van der Waals surface area contributed by atoms with Crippen LogP contribution in [0.5, 0.6) is 5.88 Å². The Morgan fingerprint density at radius 3 is 2.61 bits per heavy atom. The topological polar surface area (TPSA) is 55.1 Å². The quantitative estimate of drug-likeness (QED) is 0.876. The molecule has 0 aliphatic carbocycles. The third-order valence-corrected chi connectivity index (χ3v) is 3.43. The third-order valence-electron chi connectivity index (χ3n) is 2.62. The van der Waals surface area contributed by atoms with Crippen LogP contribution in [0.3, 0.4) is 0 Å². The summed E-state index contributed by atoms with van der Waals surface area (Å²) in [5, 5.41) is 10.1. The van der Waals surface area contributed by atoms with Crippen molar-refractivity contribution in [2.24, 2.45) is 0 Å². The van der Waals surface area contributed by atoms with E-state index in [0.29, 0.717) is 16.5 Å². The maximum absolute atomic E-state index is 12.1. The van der Waals surface area contributed by atoms with Crippen LogP contribution in [-0.4, -0.2) is 14.7 Å². The highest BCUT2D eigenvalue weighted by molar-refractivity contribution is 6.43. The monoisotopic (exact) mass is 284 g/mol. The van der Waals surface area contributed by atoms with Crippen LogP contribution >= 0.6 is 23.2 Å². The van der Waals surface area contributed by atoms with Crippen LogP contribution in [0.15, 0.2) is 23.0 Å². The van der Waals surface area contributed by atoms with E-state index in [1.54, 1.807) is 25.1 Å². The Morgan fingerprint density at radius 2 is 1.94 bits per heavy atom. The standard InChI is InChI=1S/C12H10Cl2N2O2/c1-6-11(17)15-7(2)16(12(6)18)9-5-3-4-8(13)10(9)14/h3-5,17H,1-2H3. The fourth-order valence-corrected chi connectivity index (χ4v) is 2.03. The van der Waals surface area contributed by atoms with Crippen LogP contribution in [-0.2, 0) is 0 Å². The van der Waals surface area contributed by atoms with Crippen molar-refractivity contribution in [1.29, 1.82) is 0 Å². The van der Waals surface area contributed by atoms with Crippen molar-refractivity contribution in [3.8, 4) is 11.6 Å². The predicted molar refractivity (Wildman–Crippen MR) is 71.0 cm³/mol. The Bertz CT molecular complexity index is 681. The number of halogens is 2. The Balaban J connectivity index is 2.84. The van der Waals surface area contributed by atoms with E-state index in [0.717, 1.165) is 0 Å². The van der Waals surface area contributed by atoms with Crippen LogP contribution in [0.25, 0.3) is 5.69 Å². The van der Waals surface area contributed by atoms with Gasteiger partial charge >= 0.3 is 0 Å². The van der Waals surface area contributed by atoms with Crippen LogP contribution < -0.4 is 5.56 Å². The van der Waals surface area contributed by atoms with E-state index in [4.69, 9.17) is 23.2 Å². The van der Waals surface area contributed by atoms with E-state index in [9.17, 15) is 9.90 Å². The summed E-state index contributed by atoms with van der Waals surface area (Å²) < 4.78 is 1.32. The van der Waals surface area contributed by atoms with Gasteiger partial charge in [-0.05, 0) is 26.0 Å². The fraction of sp³-hybridized carbons (Fsp3) is 0.167. The molecule has 2 rings (SSSR count). The van der Waals surface area contributed by atoms with Crippen LogP contribution in [0.4, 0.5) is 0 Å². The summed E-state index contributed by atoms with van der Waals surface area (Å²) in [6.07, 6.45) is 0. The molecule has 0 spiro atoms. The molecule has 0 aliphatic rings. The van der Waals surface area contributed by atoms with Gasteiger partial charge in [0.25, 0.3) is 5.56 Å². The maximum Gasteiger partial charge on any atom is 0.264 e. The van der Waals surface area contributed by atoms with Gasteiger partial charge in [0.1, 0.15) is 5.82 Å². The molecule has 4 nitrogen and oxygen atoms in total. The minimum atomic E-state index is -0.371. The molecule has 0 saturated heterocycles. The average Bonchev–Trinajstić information content (AvgIpc) is 2.32. The molecule has 0 bridgehead atoms. The zero-order valence-electron chi connectivity index (χ0n) is 9.74. The van der Waals surface area contributed by atoms with E-state index in [1.165, 1.54) is 11.5 Å². The summed E-state index contributed by atoms with van der Waals surface area (Å²) in [5.41, 5.74) is 0.239. The highest BCUT2D eigenvalue weighted by Crippen LogP contribution is 2.28. The molecule has 2 aromatic rings. The fourth-order valence-electron chi connectivity index (χ4n) is 1.65. The molecule has 0 radical (unpaired) electrons. The second-order valence-electron chi connectivity index (χ2n) is 3.82. The average molecular weight is 285 g/mol. The van der Waals surface area contributed by atoms with E-state index in [1.807, 2.05) is 0 Å². The van der Waals surface area contributed by atoms with Gasteiger partial charge in [0.2, 0.25) is 5.88 Å². The van der Waals surface area contributed by atoms with Gasteiger partial charge < -0.3 is 5.11 Å². The van der Waals surface area contributed by atoms with Crippen molar-refractivity contribution in [2.75, 3.05) is 0 Å². The summed E-state index contributed by atoms with van der Waals surface area (Å²) in [6, 6.07) is 4.99. The molecule has 1 N–H and O–H groups in total. The number of aromatic hydroxyl groups is 1. The van der Waals surface area contributed by atoms with Gasteiger partial charge in [-0.1, -0.05) is 29.3 Å². The molecule has 1 heterocycles. The minimum Gasteiger partial charge on any atom is -0.493 e. The number of aromatic nitrogens is 2. The lowest BCUT2D eigenvalue weighted by atomic mass is 10.2. The largest absolute Gasteiger partial charge is 0.493 e.